The number of thiazole rings is 1. The number of fused-ring (bicyclic) bond motifs is 1. The Morgan fingerprint density at radius 2 is 1.94 bits per heavy atom. The van der Waals surface area contributed by atoms with E-state index >= 15 is 0 Å². The molecular formula is C26H20F3N3O2S. The largest absolute Gasteiger partial charge is 0.423 e. The number of nitriles is 1. The van der Waals surface area contributed by atoms with Gasteiger partial charge in [0.2, 0.25) is 0 Å². The first kappa shape index (κ1) is 24.2. The third kappa shape index (κ3) is 5.61. The number of benzene rings is 2. The number of alkyl halides is 3. The second-order valence-corrected chi connectivity index (χ2v) is 9.19. The van der Waals surface area contributed by atoms with Gasteiger partial charge in [-0.15, -0.1) is 11.3 Å². The maximum atomic E-state index is 13.2. The lowest BCUT2D eigenvalue weighted by Crippen LogP contribution is -2.11. The van der Waals surface area contributed by atoms with Gasteiger partial charge in [-0.1, -0.05) is 38.1 Å². The molecule has 2 aromatic carbocycles. The zero-order valence-electron chi connectivity index (χ0n) is 18.8. The van der Waals surface area contributed by atoms with Crippen LogP contribution in [0.5, 0.6) is 0 Å². The minimum Gasteiger partial charge on any atom is -0.423 e. The molecule has 0 aliphatic rings. The van der Waals surface area contributed by atoms with Gasteiger partial charge in [0.25, 0.3) is 0 Å². The van der Waals surface area contributed by atoms with E-state index in [1.807, 2.05) is 17.5 Å². The van der Waals surface area contributed by atoms with E-state index in [4.69, 9.17) is 4.42 Å². The number of anilines is 1. The van der Waals surface area contributed by atoms with Gasteiger partial charge in [-0.05, 0) is 30.0 Å². The molecule has 0 fully saturated rings. The molecule has 0 radical (unpaired) electrons. The molecule has 178 valence electrons. The third-order valence-electron chi connectivity index (χ3n) is 5.18. The van der Waals surface area contributed by atoms with Crippen LogP contribution in [0.1, 0.15) is 30.0 Å². The molecule has 2 heterocycles. The van der Waals surface area contributed by atoms with Crippen molar-refractivity contribution in [2.24, 2.45) is 5.92 Å². The van der Waals surface area contributed by atoms with Crippen LogP contribution in [0.25, 0.3) is 27.8 Å². The normalized spacial score (nSPS) is 12.2. The molecule has 35 heavy (non-hydrogen) atoms. The van der Waals surface area contributed by atoms with Crippen LogP contribution in [0.15, 0.2) is 69.3 Å². The number of nitrogens with one attached hydrogen (secondary N) is 1. The van der Waals surface area contributed by atoms with Crippen LogP contribution in [-0.2, 0) is 12.6 Å². The third-order valence-corrected chi connectivity index (χ3v) is 6.06. The van der Waals surface area contributed by atoms with Crippen molar-refractivity contribution in [1.82, 2.24) is 4.98 Å². The van der Waals surface area contributed by atoms with Crippen molar-refractivity contribution in [3.05, 3.63) is 86.7 Å². The number of rotatable bonds is 6. The van der Waals surface area contributed by atoms with Crippen molar-refractivity contribution in [2.45, 2.75) is 26.4 Å². The van der Waals surface area contributed by atoms with Crippen molar-refractivity contribution in [3.8, 4) is 17.3 Å². The van der Waals surface area contributed by atoms with E-state index in [0.717, 1.165) is 17.7 Å². The predicted octanol–water partition coefficient (Wildman–Crippen LogP) is 7.11. The number of allylic oxidation sites excluding steroid dienone is 1. The Morgan fingerprint density at radius 3 is 2.60 bits per heavy atom. The van der Waals surface area contributed by atoms with Gasteiger partial charge in [-0.3, -0.25) is 0 Å². The summed E-state index contributed by atoms with van der Waals surface area (Å²) in [4.78, 5) is 16.2. The molecule has 2 aromatic heterocycles. The fourth-order valence-corrected chi connectivity index (χ4v) is 4.39. The van der Waals surface area contributed by atoms with Gasteiger partial charge < -0.3 is 9.73 Å². The predicted molar refractivity (Wildman–Crippen MR) is 131 cm³/mol. The fraction of sp³-hybridized carbons (Fsp3) is 0.192. The van der Waals surface area contributed by atoms with Gasteiger partial charge in [-0.25, -0.2) is 9.78 Å². The topological polar surface area (TPSA) is 78.9 Å². The van der Waals surface area contributed by atoms with Gasteiger partial charge >= 0.3 is 11.8 Å². The molecule has 0 atom stereocenters. The summed E-state index contributed by atoms with van der Waals surface area (Å²) in [6, 6.07) is 14.6. The average Bonchev–Trinajstić information content (AvgIpc) is 3.28. The van der Waals surface area contributed by atoms with E-state index in [9.17, 15) is 23.2 Å². The van der Waals surface area contributed by atoms with E-state index in [-0.39, 0.29) is 16.5 Å². The lowest BCUT2D eigenvalue weighted by molar-refractivity contribution is -0.136. The number of halogens is 3. The van der Waals surface area contributed by atoms with Crippen molar-refractivity contribution < 1.29 is 17.6 Å². The fourth-order valence-electron chi connectivity index (χ4n) is 3.60. The quantitative estimate of drug-likeness (QED) is 0.228. The maximum Gasteiger partial charge on any atom is 0.417 e. The molecular weight excluding hydrogens is 475 g/mol. The zero-order chi connectivity index (χ0) is 25.2. The Morgan fingerprint density at radius 1 is 1.20 bits per heavy atom. The zero-order valence-corrected chi connectivity index (χ0v) is 19.6. The molecule has 5 nitrogen and oxygen atoms in total. The Bertz CT molecular complexity index is 1490. The molecule has 0 aliphatic carbocycles. The van der Waals surface area contributed by atoms with Crippen molar-refractivity contribution in [3.63, 3.8) is 0 Å². The molecule has 0 amide bonds. The van der Waals surface area contributed by atoms with Crippen LogP contribution in [0.3, 0.4) is 0 Å². The summed E-state index contributed by atoms with van der Waals surface area (Å²) >= 11 is 1.31. The Kier molecular flexibility index (Phi) is 6.76. The van der Waals surface area contributed by atoms with Gasteiger partial charge in [0.1, 0.15) is 22.2 Å². The van der Waals surface area contributed by atoms with Crippen molar-refractivity contribution >= 4 is 33.6 Å². The lowest BCUT2D eigenvalue weighted by atomic mass is 10.0. The Balaban J connectivity index is 1.57. The van der Waals surface area contributed by atoms with E-state index in [2.05, 4.69) is 42.4 Å². The molecule has 1 N–H and O–H groups in total. The van der Waals surface area contributed by atoms with E-state index in [0.29, 0.717) is 22.7 Å². The number of hydrogen-bond acceptors (Lipinski definition) is 6. The monoisotopic (exact) mass is 495 g/mol. The van der Waals surface area contributed by atoms with Crippen LogP contribution in [-0.4, -0.2) is 4.98 Å². The highest BCUT2D eigenvalue weighted by Crippen LogP contribution is 2.34. The van der Waals surface area contributed by atoms with Gasteiger partial charge in [-0.2, -0.15) is 18.4 Å². The molecule has 0 saturated carbocycles. The van der Waals surface area contributed by atoms with Crippen LogP contribution >= 0.6 is 11.3 Å². The van der Waals surface area contributed by atoms with Gasteiger partial charge in [0.15, 0.2) is 0 Å². The Hall–Kier alpha value is -3.90. The summed E-state index contributed by atoms with van der Waals surface area (Å²) < 4.78 is 44.6. The SMILES string of the molecule is CC(C)Cc1ccc(-c2csc(/C(C#N)=C/Nc3ccc4c(C(F)(F)F)cc(=O)oc4c3)n2)cc1. The lowest BCUT2D eigenvalue weighted by Gasteiger charge is -2.10. The highest BCUT2D eigenvalue weighted by atomic mass is 32.1. The van der Waals surface area contributed by atoms with Gasteiger partial charge in [0.05, 0.1) is 11.3 Å². The summed E-state index contributed by atoms with van der Waals surface area (Å²) in [7, 11) is 0. The van der Waals surface area contributed by atoms with Crippen LogP contribution in [0.2, 0.25) is 0 Å². The molecule has 0 spiro atoms. The molecule has 9 heteroatoms. The smallest absolute Gasteiger partial charge is 0.417 e. The highest BCUT2D eigenvalue weighted by molar-refractivity contribution is 7.11. The minimum absolute atomic E-state index is 0.209. The molecule has 4 aromatic rings. The van der Waals surface area contributed by atoms with E-state index < -0.39 is 17.4 Å². The summed E-state index contributed by atoms with van der Waals surface area (Å²) in [5.74, 6) is 0.563. The van der Waals surface area contributed by atoms with Crippen LogP contribution < -0.4 is 10.9 Å². The maximum absolute atomic E-state index is 13.2. The van der Waals surface area contributed by atoms with Gasteiger partial charge in [0, 0.05) is 40.3 Å². The molecule has 0 unspecified atom stereocenters. The number of aromatic nitrogens is 1. The minimum atomic E-state index is -4.69. The van der Waals surface area contributed by atoms with E-state index in [1.54, 1.807) is 0 Å². The first-order valence-corrected chi connectivity index (χ1v) is 11.6. The summed E-state index contributed by atoms with van der Waals surface area (Å²) in [6.07, 6.45) is -2.28. The molecule has 4 rings (SSSR count). The Labute approximate surface area is 203 Å². The molecule has 0 saturated heterocycles. The van der Waals surface area contributed by atoms with Crippen LogP contribution in [0.4, 0.5) is 18.9 Å². The number of nitrogens with zero attached hydrogens (tertiary/aromatic N) is 2. The first-order valence-electron chi connectivity index (χ1n) is 10.7. The standard InChI is InChI=1S/C26H20F3N3O2S/c1-15(2)9-16-3-5-17(6-4-16)22-14-35-25(32-22)18(12-30)13-31-19-7-8-20-21(26(27,28)29)11-24(33)34-23(20)10-19/h3-8,10-11,13-15,31H,9H2,1-2H3/b18-13+. The average molecular weight is 496 g/mol. The number of hydrogen-bond donors (Lipinski definition) is 1. The summed E-state index contributed by atoms with van der Waals surface area (Å²) in [6.45, 7) is 4.33. The summed E-state index contributed by atoms with van der Waals surface area (Å²) in [5.41, 5.74) is 1.17. The summed E-state index contributed by atoms with van der Waals surface area (Å²) in [5, 5.41) is 14.6. The second kappa shape index (κ2) is 9.76. The molecule has 0 bridgehead atoms. The first-order chi connectivity index (χ1) is 16.6. The highest BCUT2D eigenvalue weighted by Gasteiger charge is 2.33. The van der Waals surface area contributed by atoms with Crippen LogP contribution in [0, 0.1) is 17.2 Å². The second-order valence-electron chi connectivity index (χ2n) is 8.33. The molecule has 0 aliphatic heterocycles. The van der Waals surface area contributed by atoms with Crippen molar-refractivity contribution in [2.75, 3.05) is 5.32 Å². The van der Waals surface area contributed by atoms with E-state index in [1.165, 1.54) is 41.3 Å². The van der Waals surface area contributed by atoms with Crippen molar-refractivity contribution in [1.29, 1.82) is 5.26 Å².